The summed E-state index contributed by atoms with van der Waals surface area (Å²) in [5.74, 6) is 1.61. The summed E-state index contributed by atoms with van der Waals surface area (Å²) in [7, 11) is 3.27. The summed E-state index contributed by atoms with van der Waals surface area (Å²) in [5, 5.41) is 2.90. The van der Waals surface area contributed by atoms with Crippen molar-refractivity contribution in [2.24, 2.45) is 0 Å². The van der Waals surface area contributed by atoms with E-state index in [1.807, 2.05) is 55.5 Å². The van der Waals surface area contributed by atoms with Gasteiger partial charge in [-0.1, -0.05) is 12.1 Å². The van der Waals surface area contributed by atoms with E-state index in [0.29, 0.717) is 32.6 Å². The molecule has 0 radical (unpaired) electrons. The van der Waals surface area contributed by atoms with Crippen molar-refractivity contribution in [3.63, 3.8) is 0 Å². The molecule has 7 heteroatoms. The predicted octanol–water partition coefficient (Wildman–Crippen LogP) is 4.77. The van der Waals surface area contributed by atoms with Gasteiger partial charge in [-0.15, -0.1) is 0 Å². The number of fused-ring (bicyclic) bond motifs is 1. The Morgan fingerprint density at radius 1 is 0.971 bits per heavy atom. The van der Waals surface area contributed by atoms with Crippen molar-refractivity contribution in [1.29, 1.82) is 0 Å². The Labute approximate surface area is 205 Å². The summed E-state index contributed by atoms with van der Waals surface area (Å²) in [6, 6.07) is 20.0. The maximum absolute atomic E-state index is 12.4. The number of aryl methyl sites for hydroxylation is 1. The fraction of sp³-hybridized carbons (Fsp3) is 0.286. The summed E-state index contributed by atoms with van der Waals surface area (Å²) < 4.78 is 18.1. The molecule has 0 atom stereocenters. The summed E-state index contributed by atoms with van der Waals surface area (Å²) >= 11 is 0. The second-order valence-electron chi connectivity index (χ2n) is 8.09. The Morgan fingerprint density at radius 3 is 2.51 bits per heavy atom. The maximum atomic E-state index is 12.4. The Morgan fingerprint density at radius 2 is 1.77 bits per heavy atom. The summed E-state index contributed by atoms with van der Waals surface area (Å²) in [6.45, 7) is 3.57. The molecule has 4 aromatic rings. The average molecular weight is 474 g/mol. The van der Waals surface area contributed by atoms with E-state index < -0.39 is 0 Å². The van der Waals surface area contributed by atoms with E-state index in [1.165, 1.54) is 0 Å². The Kier molecular flexibility index (Phi) is 8.00. The van der Waals surface area contributed by atoms with Crippen molar-refractivity contribution in [2.45, 2.75) is 19.8 Å². The van der Waals surface area contributed by atoms with Gasteiger partial charge in [0.2, 0.25) is 5.91 Å². The molecule has 1 N–H and O–H groups in total. The summed E-state index contributed by atoms with van der Waals surface area (Å²) in [6.07, 6.45) is 2.98. The van der Waals surface area contributed by atoms with Crippen LogP contribution in [0.1, 0.15) is 19.0 Å². The van der Waals surface area contributed by atoms with Crippen molar-refractivity contribution in [3.8, 4) is 33.9 Å². The van der Waals surface area contributed by atoms with Crippen LogP contribution in [-0.4, -0.2) is 49.3 Å². The number of benzene rings is 2. The number of methoxy groups -OCH3 is 2. The molecule has 0 aliphatic carbocycles. The van der Waals surface area contributed by atoms with Gasteiger partial charge in [-0.25, -0.2) is 4.98 Å². The fourth-order valence-corrected chi connectivity index (χ4v) is 4.03. The minimum atomic E-state index is -0.0155. The van der Waals surface area contributed by atoms with Gasteiger partial charge >= 0.3 is 0 Å². The molecule has 0 bridgehead atoms. The van der Waals surface area contributed by atoms with Crippen LogP contribution >= 0.6 is 0 Å². The fourth-order valence-electron chi connectivity index (χ4n) is 4.03. The third-order valence-corrected chi connectivity index (χ3v) is 5.78. The van der Waals surface area contributed by atoms with E-state index in [9.17, 15) is 4.79 Å². The first kappa shape index (κ1) is 24.3. The number of aromatic nitrogens is 2. The first-order valence-corrected chi connectivity index (χ1v) is 11.8. The van der Waals surface area contributed by atoms with E-state index in [0.717, 1.165) is 45.2 Å². The zero-order valence-electron chi connectivity index (χ0n) is 20.4. The highest BCUT2D eigenvalue weighted by atomic mass is 16.5. The molecule has 0 fully saturated rings. The molecule has 35 heavy (non-hydrogen) atoms. The molecule has 1 amide bonds. The van der Waals surface area contributed by atoms with Gasteiger partial charge in [0.05, 0.1) is 31.7 Å². The average Bonchev–Trinajstić information content (AvgIpc) is 3.26. The van der Waals surface area contributed by atoms with Crippen molar-refractivity contribution in [1.82, 2.24) is 14.7 Å². The quantitative estimate of drug-likeness (QED) is 0.318. The number of hydrogen-bond acceptors (Lipinski definition) is 5. The molecule has 2 aromatic carbocycles. The number of ether oxygens (including phenoxy) is 3. The Bertz CT molecular complexity index is 1280. The normalized spacial score (nSPS) is 10.9. The second-order valence-corrected chi connectivity index (χ2v) is 8.09. The molecular formula is C28H31N3O4. The van der Waals surface area contributed by atoms with Crippen molar-refractivity contribution >= 4 is 11.6 Å². The third kappa shape index (κ3) is 5.81. The van der Waals surface area contributed by atoms with Gasteiger partial charge in [0.25, 0.3) is 0 Å². The molecule has 182 valence electrons. The minimum absolute atomic E-state index is 0.0155. The number of nitrogens with zero attached hydrogens (tertiary/aromatic N) is 2. The standard InChI is InChI=1S/C28H31N3O4/c1-4-35-24-7-5-6-21(18-24)22-10-14-26-30-28(20-8-11-23(34-3)12-9-20)25(31(26)19-22)13-15-27(32)29-16-17-33-2/h5-12,14,18-19H,4,13,15-17H2,1-3H3,(H,29,32). The highest BCUT2D eigenvalue weighted by Gasteiger charge is 2.16. The van der Waals surface area contributed by atoms with Crippen LogP contribution in [0.3, 0.4) is 0 Å². The zero-order chi connectivity index (χ0) is 24.6. The monoisotopic (exact) mass is 473 g/mol. The maximum Gasteiger partial charge on any atom is 0.220 e. The topological polar surface area (TPSA) is 74.1 Å². The number of hydrogen-bond donors (Lipinski definition) is 1. The molecule has 2 heterocycles. The second kappa shape index (κ2) is 11.5. The molecule has 0 spiro atoms. The molecule has 7 nitrogen and oxygen atoms in total. The minimum Gasteiger partial charge on any atom is -0.497 e. The van der Waals surface area contributed by atoms with Gasteiger partial charge in [-0.3, -0.25) is 4.79 Å². The van der Waals surface area contributed by atoms with Crippen LogP contribution in [0, 0.1) is 0 Å². The van der Waals surface area contributed by atoms with E-state index >= 15 is 0 Å². The predicted molar refractivity (Wildman–Crippen MR) is 137 cm³/mol. The van der Waals surface area contributed by atoms with Gasteiger partial charge in [-0.05, 0) is 73.0 Å². The van der Waals surface area contributed by atoms with Crippen molar-refractivity contribution < 1.29 is 19.0 Å². The highest BCUT2D eigenvalue weighted by molar-refractivity contribution is 5.77. The van der Waals surface area contributed by atoms with Crippen LogP contribution in [-0.2, 0) is 16.0 Å². The van der Waals surface area contributed by atoms with Crippen LogP contribution in [0.2, 0.25) is 0 Å². The number of amides is 1. The molecule has 0 unspecified atom stereocenters. The van der Waals surface area contributed by atoms with E-state index in [1.54, 1.807) is 14.2 Å². The third-order valence-electron chi connectivity index (χ3n) is 5.78. The van der Waals surface area contributed by atoms with Crippen LogP contribution in [0.4, 0.5) is 0 Å². The van der Waals surface area contributed by atoms with Gasteiger partial charge in [0, 0.05) is 31.8 Å². The zero-order valence-corrected chi connectivity index (χ0v) is 20.4. The van der Waals surface area contributed by atoms with Crippen LogP contribution < -0.4 is 14.8 Å². The van der Waals surface area contributed by atoms with Crippen molar-refractivity contribution in [2.75, 3.05) is 34.0 Å². The molecule has 0 aliphatic heterocycles. The Hall–Kier alpha value is -3.84. The number of imidazole rings is 1. The first-order valence-electron chi connectivity index (χ1n) is 11.8. The number of carbonyl (C=O) groups is 1. The van der Waals surface area contributed by atoms with Gasteiger partial charge in [-0.2, -0.15) is 0 Å². The lowest BCUT2D eigenvalue weighted by Crippen LogP contribution is -2.27. The van der Waals surface area contributed by atoms with Gasteiger partial charge in [0.15, 0.2) is 0 Å². The lowest BCUT2D eigenvalue weighted by atomic mass is 10.1. The first-order chi connectivity index (χ1) is 17.1. The van der Waals surface area contributed by atoms with Gasteiger partial charge < -0.3 is 23.9 Å². The lowest BCUT2D eigenvalue weighted by molar-refractivity contribution is -0.121. The number of carbonyl (C=O) groups excluding carboxylic acids is 1. The molecule has 0 saturated carbocycles. The van der Waals surface area contributed by atoms with Gasteiger partial charge in [0.1, 0.15) is 17.1 Å². The van der Waals surface area contributed by atoms with Crippen LogP contribution in [0.5, 0.6) is 11.5 Å². The van der Waals surface area contributed by atoms with Crippen LogP contribution in [0.25, 0.3) is 28.0 Å². The van der Waals surface area contributed by atoms with E-state index in [-0.39, 0.29) is 5.91 Å². The molecule has 2 aromatic heterocycles. The summed E-state index contributed by atoms with van der Waals surface area (Å²) in [4.78, 5) is 17.4. The van der Waals surface area contributed by atoms with E-state index in [2.05, 4.69) is 28.0 Å². The Balaban J connectivity index is 1.72. The van der Waals surface area contributed by atoms with Crippen molar-refractivity contribution in [3.05, 3.63) is 72.6 Å². The molecular weight excluding hydrogens is 442 g/mol. The molecule has 0 aliphatic rings. The summed E-state index contributed by atoms with van der Waals surface area (Å²) in [5.41, 5.74) is 5.75. The molecule has 4 rings (SSSR count). The largest absolute Gasteiger partial charge is 0.497 e. The number of pyridine rings is 1. The highest BCUT2D eigenvalue weighted by Crippen LogP contribution is 2.30. The number of rotatable bonds is 11. The lowest BCUT2D eigenvalue weighted by Gasteiger charge is -2.10. The van der Waals surface area contributed by atoms with Crippen LogP contribution in [0.15, 0.2) is 66.9 Å². The number of nitrogens with one attached hydrogen (secondary N) is 1. The smallest absolute Gasteiger partial charge is 0.220 e. The van der Waals surface area contributed by atoms with E-state index in [4.69, 9.17) is 19.2 Å². The molecule has 0 saturated heterocycles. The SMILES string of the molecule is CCOc1cccc(-c2ccc3nc(-c4ccc(OC)cc4)c(CCC(=O)NCCOC)n3c2)c1.